The lowest BCUT2D eigenvalue weighted by atomic mass is 10.2. The van der Waals surface area contributed by atoms with Crippen molar-refractivity contribution in [2.45, 2.75) is 26.7 Å². The zero-order chi connectivity index (χ0) is 15.8. The van der Waals surface area contributed by atoms with Crippen LogP contribution in [0.25, 0.3) is 0 Å². The number of carbonyl (C=O) groups is 1. The Bertz CT molecular complexity index is 598. The van der Waals surface area contributed by atoms with Crippen molar-refractivity contribution in [1.82, 2.24) is 4.98 Å². The summed E-state index contributed by atoms with van der Waals surface area (Å²) in [6.45, 7) is 5.64. The Balaban J connectivity index is 2.15. The average molecular weight is 297 g/mol. The number of carbonyl (C=O) groups excluding carboxylic acids is 1. The van der Waals surface area contributed by atoms with E-state index in [2.05, 4.69) is 17.2 Å². The topological polar surface area (TPSA) is 45.2 Å². The summed E-state index contributed by atoms with van der Waals surface area (Å²) < 4.78 is 0. The van der Waals surface area contributed by atoms with Crippen molar-refractivity contribution in [1.29, 1.82) is 0 Å². The first kappa shape index (κ1) is 16.0. The molecule has 0 aliphatic heterocycles. The molecule has 1 heterocycles. The van der Waals surface area contributed by atoms with E-state index >= 15 is 0 Å². The first-order valence-electron chi connectivity index (χ1n) is 7.82. The van der Waals surface area contributed by atoms with Gasteiger partial charge in [0.05, 0.1) is 11.3 Å². The van der Waals surface area contributed by atoms with Crippen molar-refractivity contribution in [2.75, 3.05) is 23.3 Å². The number of anilines is 2. The highest BCUT2D eigenvalue weighted by Gasteiger charge is 2.16. The van der Waals surface area contributed by atoms with Crippen molar-refractivity contribution < 1.29 is 4.79 Å². The lowest BCUT2D eigenvalue weighted by molar-refractivity contribution is 0.0988. The van der Waals surface area contributed by atoms with E-state index in [0.29, 0.717) is 12.1 Å². The molecule has 1 aromatic carbocycles. The highest BCUT2D eigenvalue weighted by molar-refractivity contribution is 6.06. The number of rotatable bonds is 7. The van der Waals surface area contributed by atoms with Crippen LogP contribution in [0.1, 0.15) is 37.0 Å². The maximum Gasteiger partial charge on any atom is 0.259 e. The van der Waals surface area contributed by atoms with Crippen molar-refractivity contribution >= 4 is 17.3 Å². The second-order valence-electron chi connectivity index (χ2n) is 5.13. The third kappa shape index (κ3) is 4.07. The van der Waals surface area contributed by atoms with E-state index in [1.165, 1.54) is 0 Å². The second kappa shape index (κ2) is 8.17. The minimum absolute atomic E-state index is 0.0275. The highest BCUT2D eigenvalue weighted by atomic mass is 16.2. The molecule has 0 aliphatic carbocycles. The Labute approximate surface area is 132 Å². The number of nitrogens with one attached hydrogen (secondary N) is 1. The van der Waals surface area contributed by atoms with Gasteiger partial charge < -0.3 is 10.2 Å². The number of aromatic nitrogens is 1. The maximum absolute atomic E-state index is 12.7. The van der Waals surface area contributed by atoms with Gasteiger partial charge in [-0.05, 0) is 31.5 Å². The standard InChI is InChI=1S/C18H23N3O/c1-3-5-11-20-16-12-15(13-19-14-16)18(22)21(4-2)17-9-7-6-8-10-17/h6-10,12-14,20H,3-5,11H2,1-2H3. The van der Waals surface area contributed by atoms with E-state index in [-0.39, 0.29) is 5.91 Å². The molecule has 0 unspecified atom stereocenters. The number of hydrogen-bond acceptors (Lipinski definition) is 3. The predicted octanol–water partition coefficient (Wildman–Crippen LogP) is 3.96. The number of nitrogens with zero attached hydrogens (tertiary/aromatic N) is 2. The summed E-state index contributed by atoms with van der Waals surface area (Å²) >= 11 is 0. The maximum atomic E-state index is 12.7. The van der Waals surface area contributed by atoms with Gasteiger partial charge in [-0.3, -0.25) is 9.78 Å². The number of benzene rings is 1. The normalized spacial score (nSPS) is 10.3. The van der Waals surface area contributed by atoms with Crippen molar-refractivity contribution in [3.05, 3.63) is 54.4 Å². The van der Waals surface area contributed by atoms with Crippen LogP contribution in [0.2, 0.25) is 0 Å². The minimum Gasteiger partial charge on any atom is -0.384 e. The Kier molecular flexibility index (Phi) is 5.95. The molecule has 4 nitrogen and oxygen atoms in total. The van der Waals surface area contributed by atoms with Crippen molar-refractivity contribution in [3.63, 3.8) is 0 Å². The summed E-state index contributed by atoms with van der Waals surface area (Å²) in [6.07, 6.45) is 5.62. The molecule has 1 N–H and O–H groups in total. The molecule has 0 bridgehead atoms. The summed E-state index contributed by atoms with van der Waals surface area (Å²) in [5.41, 5.74) is 2.40. The molecule has 0 spiro atoms. The van der Waals surface area contributed by atoms with Gasteiger partial charge in [0.25, 0.3) is 5.91 Å². The first-order valence-corrected chi connectivity index (χ1v) is 7.82. The van der Waals surface area contributed by atoms with Crippen LogP contribution in [0.5, 0.6) is 0 Å². The predicted molar refractivity (Wildman–Crippen MR) is 91.4 cm³/mol. The summed E-state index contributed by atoms with van der Waals surface area (Å²) in [6, 6.07) is 11.6. The number of pyridine rings is 1. The SMILES string of the molecule is CCCCNc1cncc(C(=O)N(CC)c2ccccc2)c1. The Morgan fingerprint density at radius 2 is 1.95 bits per heavy atom. The van der Waals surface area contributed by atoms with Crippen molar-refractivity contribution in [2.24, 2.45) is 0 Å². The van der Waals surface area contributed by atoms with Crippen LogP contribution in [-0.4, -0.2) is 24.0 Å². The third-order valence-electron chi connectivity index (χ3n) is 3.47. The van der Waals surface area contributed by atoms with Gasteiger partial charge >= 0.3 is 0 Å². The molecule has 0 atom stereocenters. The van der Waals surface area contributed by atoms with Crippen LogP contribution in [0.3, 0.4) is 0 Å². The molecule has 116 valence electrons. The van der Waals surface area contributed by atoms with E-state index < -0.39 is 0 Å². The molecular formula is C18H23N3O. The van der Waals surface area contributed by atoms with Gasteiger partial charge in [0.2, 0.25) is 0 Å². The van der Waals surface area contributed by atoms with Gasteiger partial charge in [-0.1, -0.05) is 31.5 Å². The van der Waals surface area contributed by atoms with Crippen LogP contribution in [0.15, 0.2) is 48.8 Å². The zero-order valence-corrected chi connectivity index (χ0v) is 13.2. The summed E-state index contributed by atoms with van der Waals surface area (Å²) in [4.78, 5) is 18.7. The lowest BCUT2D eigenvalue weighted by Gasteiger charge is -2.21. The van der Waals surface area contributed by atoms with Gasteiger partial charge in [-0.15, -0.1) is 0 Å². The fourth-order valence-electron chi connectivity index (χ4n) is 2.27. The molecule has 2 rings (SSSR count). The Hall–Kier alpha value is -2.36. The van der Waals surface area contributed by atoms with Gasteiger partial charge in [0, 0.05) is 31.2 Å². The first-order chi connectivity index (χ1) is 10.8. The van der Waals surface area contributed by atoms with Crippen LogP contribution in [0, 0.1) is 0 Å². The Morgan fingerprint density at radius 3 is 2.64 bits per heavy atom. The number of hydrogen-bond donors (Lipinski definition) is 1. The quantitative estimate of drug-likeness (QED) is 0.787. The molecule has 22 heavy (non-hydrogen) atoms. The van der Waals surface area contributed by atoms with Gasteiger partial charge in [-0.25, -0.2) is 0 Å². The fraction of sp³-hybridized carbons (Fsp3) is 0.333. The molecular weight excluding hydrogens is 274 g/mol. The molecule has 1 aromatic heterocycles. The van der Waals surface area contributed by atoms with E-state index in [9.17, 15) is 4.79 Å². The van der Waals surface area contributed by atoms with Crippen LogP contribution in [-0.2, 0) is 0 Å². The molecule has 0 radical (unpaired) electrons. The fourth-order valence-corrected chi connectivity index (χ4v) is 2.27. The summed E-state index contributed by atoms with van der Waals surface area (Å²) in [7, 11) is 0. The monoisotopic (exact) mass is 297 g/mol. The third-order valence-corrected chi connectivity index (χ3v) is 3.47. The summed E-state index contributed by atoms with van der Waals surface area (Å²) in [5.74, 6) is -0.0275. The largest absolute Gasteiger partial charge is 0.384 e. The molecule has 0 aliphatic rings. The second-order valence-corrected chi connectivity index (χ2v) is 5.13. The molecule has 1 amide bonds. The van der Waals surface area contributed by atoms with E-state index in [0.717, 1.165) is 30.8 Å². The number of unbranched alkanes of at least 4 members (excludes halogenated alkanes) is 1. The minimum atomic E-state index is -0.0275. The highest BCUT2D eigenvalue weighted by Crippen LogP contribution is 2.18. The van der Waals surface area contributed by atoms with E-state index in [1.807, 2.05) is 43.3 Å². The van der Waals surface area contributed by atoms with Crippen LogP contribution < -0.4 is 10.2 Å². The van der Waals surface area contributed by atoms with Crippen LogP contribution >= 0.6 is 0 Å². The van der Waals surface area contributed by atoms with Gasteiger partial charge in [0.1, 0.15) is 0 Å². The molecule has 0 saturated heterocycles. The van der Waals surface area contributed by atoms with Crippen molar-refractivity contribution in [3.8, 4) is 0 Å². The Morgan fingerprint density at radius 1 is 1.18 bits per heavy atom. The molecule has 0 fully saturated rings. The van der Waals surface area contributed by atoms with E-state index in [4.69, 9.17) is 0 Å². The van der Waals surface area contributed by atoms with Crippen LogP contribution in [0.4, 0.5) is 11.4 Å². The van der Waals surface area contributed by atoms with E-state index in [1.54, 1.807) is 17.3 Å². The van der Waals surface area contributed by atoms with Gasteiger partial charge in [-0.2, -0.15) is 0 Å². The molecule has 0 saturated carbocycles. The average Bonchev–Trinajstić information content (AvgIpc) is 2.57. The van der Waals surface area contributed by atoms with Gasteiger partial charge in [0.15, 0.2) is 0 Å². The molecule has 2 aromatic rings. The number of para-hydroxylation sites is 1. The zero-order valence-electron chi connectivity index (χ0n) is 13.2. The smallest absolute Gasteiger partial charge is 0.259 e. The summed E-state index contributed by atoms with van der Waals surface area (Å²) in [5, 5.41) is 3.30. The lowest BCUT2D eigenvalue weighted by Crippen LogP contribution is -2.30. The number of amides is 1. The molecule has 4 heteroatoms.